The minimum absolute atomic E-state index is 0.185. The molecule has 1 aromatic heterocycles. The molecule has 0 fully saturated rings. The molecule has 0 bridgehead atoms. The molecule has 0 saturated heterocycles. The van der Waals surface area contributed by atoms with Crippen LogP contribution in [0.4, 0.5) is 13.2 Å². The van der Waals surface area contributed by atoms with Crippen molar-refractivity contribution in [2.24, 2.45) is 5.73 Å². The second-order valence-corrected chi connectivity index (χ2v) is 6.87. The van der Waals surface area contributed by atoms with Gasteiger partial charge in [0.2, 0.25) is 0 Å². The van der Waals surface area contributed by atoms with Crippen LogP contribution in [0.25, 0.3) is 22.2 Å². The van der Waals surface area contributed by atoms with Crippen LogP contribution in [0.15, 0.2) is 46.9 Å². The molecule has 2 aromatic carbocycles. The monoisotopic (exact) mass is 410 g/mol. The van der Waals surface area contributed by atoms with Crippen LogP contribution in [0.3, 0.4) is 0 Å². The number of alkyl halides is 3. The van der Waals surface area contributed by atoms with Gasteiger partial charge in [0.25, 0.3) is 0 Å². The summed E-state index contributed by atoms with van der Waals surface area (Å²) in [4.78, 5) is 3.20. The Labute approximate surface area is 152 Å². The number of nitrogens with one attached hydrogen (secondary N) is 1. The molecule has 3 rings (SSSR count). The first kappa shape index (κ1) is 18.0. The van der Waals surface area contributed by atoms with E-state index in [1.54, 1.807) is 6.07 Å². The van der Waals surface area contributed by atoms with Crippen LogP contribution >= 0.6 is 15.9 Å². The van der Waals surface area contributed by atoms with Crippen molar-refractivity contribution in [1.82, 2.24) is 4.98 Å². The van der Waals surface area contributed by atoms with Gasteiger partial charge < -0.3 is 10.7 Å². The molecule has 0 aliphatic heterocycles. The molecule has 0 radical (unpaired) electrons. The predicted molar refractivity (Wildman–Crippen MR) is 98.4 cm³/mol. The molecule has 0 spiro atoms. The van der Waals surface area contributed by atoms with Gasteiger partial charge >= 0.3 is 6.18 Å². The van der Waals surface area contributed by atoms with Crippen molar-refractivity contribution >= 4 is 26.8 Å². The number of rotatable bonds is 5. The topological polar surface area (TPSA) is 41.8 Å². The van der Waals surface area contributed by atoms with Crippen molar-refractivity contribution in [1.29, 1.82) is 0 Å². The van der Waals surface area contributed by atoms with E-state index in [0.717, 1.165) is 39.8 Å². The number of aromatic amines is 1. The summed E-state index contributed by atoms with van der Waals surface area (Å²) in [7, 11) is 0. The fourth-order valence-corrected chi connectivity index (χ4v) is 3.47. The molecule has 0 amide bonds. The molecule has 0 saturated carbocycles. The third kappa shape index (κ3) is 3.75. The van der Waals surface area contributed by atoms with Gasteiger partial charge in [-0.2, -0.15) is 13.2 Å². The van der Waals surface area contributed by atoms with E-state index in [0.29, 0.717) is 18.7 Å². The molecule has 3 N–H and O–H groups in total. The highest BCUT2D eigenvalue weighted by molar-refractivity contribution is 9.10. The van der Waals surface area contributed by atoms with Gasteiger partial charge in [0, 0.05) is 20.9 Å². The smallest absolute Gasteiger partial charge is 0.354 e. The normalized spacial score (nSPS) is 12.0. The zero-order valence-electron chi connectivity index (χ0n) is 13.5. The Morgan fingerprint density at radius 2 is 1.80 bits per heavy atom. The van der Waals surface area contributed by atoms with E-state index < -0.39 is 11.7 Å². The third-order valence-electron chi connectivity index (χ3n) is 4.25. The molecule has 2 nitrogen and oxygen atoms in total. The van der Waals surface area contributed by atoms with E-state index in [1.807, 2.05) is 18.2 Å². The highest BCUT2D eigenvalue weighted by Gasteiger charge is 2.34. The summed E-state index contributed by atoms with van der Waals surface area (Å²) in [6, 6.07) is 11.4. The summed E-state index contributed by atoms with van der Waals surface area (Å²) in [6.07, 6.45) is -2.06. The summed E-state index contributed by atoms with van der Waals surface area (Å²) >= 11 is 3.45. The lowest BCUT2D eigenvalue weighted by molar-refractivity contribution is -0.137. The Morgan fingerprint density at radius 3 is 2.52 bits per heavy atom. The molecular weight excluding hydrogens is 393 g/mol. The van der Waals surface area contributed by atoms with Crippen molar-refractivity contribution in [3.8, 4) is 11.3 Å². The van der Waals surface area contributed by atoms with Crippen LogP contribution in [0.1, 0.15) is 24.0 Å². The molecular formula is C19H18BrF3N2. The second kappa shape index (κ2) is 7.22. The number of fused-ring (bicyclic) bond motifs is 1. The Balaban J connectivity index is 2.21. The van der Waals surface area contributed by atoms with Crippen LogP contribution in [0.2, 0.25) is 0 Å². The molecule has 132 valence electrons. The standard InChI is InChI=1S/C19H18BrF3N2/c20-12-8-9-17-15(11-12)13(5-3-4-10-24)18(25-17)14-6-1-2-7-16(14)19(21,22)23/h1-2,6-9,11,25H,3-5,10,24H2. The number of aryl methyl sites for hydroxylation is 1. The molecule has 0 unspecified atom stereocenters. The summed E-state index contributed by atoms with van der Waals surface area (Å²) in [5, 5.41) is 0.943. The first-order valence-electron chi connectivity index (χ1n) is 8.08. The van der Waals surface area contributed by atoms with Crippen LogP contribution in [-0.4, -0.2) is 11.5 Å². The first-order chi connectivity index (χ1) is 11.9. The average molecular weight is 411 g/mol. The first-order valence-corrected chi connectivity index (χ1v) is 8.88. The average Bonchev–Trinajstić information content (AvgIpc) is 2.92. The number of benzene rings is 2. The minimum atomic E-state index is -4.40. The Bertz CT molecular complexity index is 884. The van der Waals surface area contributed by atoms with Gasteiger partial charge in [0.1, 0.15) is 0 Å². The summed E-state index contributed by atoms with van der Waals surface area (Å²) < 4.78 is 41.3. The number of nitrogens with two attached hydrogens (primary N) is 1. The molecule has 0 atom stereocenters. The molecule has 0 aliphatic carbocycles. The van der Waals surface area contributed by atoms with Crippen LogP contribution in [0, 0.1) is 0 Å². The second-order valence-electron chi connectivity index (χ2n) is 5.96. The van der Waals surface area contributed by atoms with Crippen LogP contribution in [0.5, 0.6) is 0 Å². The van der Waals surface area contributed by atoms with E-state index in [4.69, 9.17) is 5.73 Å². The van der Waals surface area contributed by atoms with Gasteiger partial charge in [-0.05, 0) is 55.6 Å². The fourth-order valence-electron chi connectivity index (χ4n) is 3.10. The quantitative estimate of drug-likeness (QED) is 0.505. The summed E-state index contributed by atoms with van der Waals surface area (Å²) in [6.45, 7) is 0.570. The zero-order valence-corrected chi connectivity index (χ0v) is 15.0. The van der Waals surface area contributed by atoms with Gasteiger partial charge in [-0.15, -0.1) is 0 Å². The molecule has 0 aliphatic rings. The Hall–Kier alpha value is -1.79. The van der Waals surface area contributed by atoms with E-state index in [9.17, 15) is 13.2 Å². The van der Waals surface area contributed by atoms with Crippen molar-refractivity contribution in [3.05, 3.63) is 58.1 Å². The largest absolute Gasteiger partial charge is 0.417 e. The lowest BCUT2D eigenvalue weighted by Crippen LogP contribution is -2.07. The van der Waals surface area contributed by atoms with Gasteiger partial charge in [-0.25, -0.2) is 0 Å². The van der Waals surface area contributed by atoms with Crippen LogP contribution in [-0.2, 0) is 12.6 Å². The lowest BCUT2D eigenvalue weighted by Gasteiger charge is -2.13. The number of hydrogen-bond donors (Lipinski definition) is 2. The third-order valence-corrected chi connectivity index (χ3v) is 4.74. The number of unbranched alkanes of at least 4 members (excludes halogenated alkanes) is 1. The highest BCUT2D eigenvalue weighted by atomic mass is 79.9. The van der Waals surface area contributed by atoms with E-state index in [2.05, 4.69) is 20.9 Å². The SMILES string of the molecule is NCCCCc1c(-c2ccccc2C(F)(F)F)[nH]c2ccc(Br)cc12. The van der Waals surface area contributed by atoms with Crippen molar-refractivity contribution < 1.29 is 13.2 Å². The summed E-state index contributed by atoms with van der Waals surface area (Å²) in [5.74, 6) is 0. The zero-order chi connectivity index (χ0) is 18.0. The maximum Gasteiger partial charge on any atom is 0.417 e. The number of hydrogen-bond acceptors (Lipinski definition) is 1. The van der Waals surface area contributed by atoms with Crippen LogP contribution < -0.4 is 5.73 Å². The number of H-pyrrole nitrogens is 1. The maximum atomic E-state index is 13.5. The van der Waals surface area contributed by atoms with Crippen molar-refractivity contribution in [2.75, 3.05) is 6.54 Å². The van der Waals surface area contributed by atoms with Gasteiger partial charge in [-0.3, -0.25) is 0 Å². The van der Waals surface area contributed by atoms with E-state index in [1.165, 1.54) is 12.1 Å². The van der Waals surface area contributed by atoms with Gasteiger partial charge in [0.15, 0.2) is 0 Å². The van der Waals surface area contributed by atoms with Gasteiger partial charge in [0.05, 0.1) is 11.3 Å². The summed E-state index contributed by atoms with van der Waals surface area (Å²) in [5.41, 5.74) is 7.41. The highest BCUT2D eigenvalue weighted by Crippen LogP contribution is 2.40. The maximum absolute atomic E-state index is 13.5. The molecule has 6 heteroatoms. The molecule has 3 aromatic rings. The van der Waals surface area contributed by atoms with Gasteiger partial charge in [-0.1, -0.05) is 34.1 Å². The van der Waals surface area contributed by atoms with E-state index >= 15 is 0 Å². The predicted octanol–water partition coefficient (Wildman–Crippen LogP) is 5.90. The Kier molecular flexibility index (Phi) is 5.20. The van der Waals surface area contributed by atoms with Crippen molar-refractivity contribution in [2.45, 2.75) is 25.4 Å². The Morgan fingerprint density at radius 1 is 1.04 bits per heavy atom. The molecule has 1 heterocycles. The molecule has 25 heavy (non-hydrogen) atoms. The number of aromatic nitrogens is 1. The fraction of sp³-hybridized carbons (Fsp3) is 0.263. The minimum Gasteiger partial charge on any atom is -0.354 e. The lowest BCUT2D eigenvalue weighted by atomic mass is 9.97. The van der Waals surface area contributed by atoms with E-state index in [-0.39, 0.29) is 5.56 Å². The van der Waals surface area contributed by atoms with Crippen molar-refractivity contribution in [3.63, 3.8) is 0 Å². The number of halogens is 4.